The van der Waals surface area contributed by atoms with Gasteiger partial charge in [-0.3, -0.25) is 0 Å². The highest BCUT2D eigenvalue weighted by Gasteiger charge is 2.11. The SMILES string of the molecule is C[C@H](O)c1nc(Cc2ccc(Cl)c(Cl)c2)no1. The maximum absolute atomic E-state index is 9.25. The topological polar surface area (TPSA) is 59.2 Å². The van der Waals surface area contributed by atoms with Gasteiger partial charge < -0.3 is 9.63 Å². The molecule has 0 spiro atoms. The van der Waals surface area contributed by atoms with Gasteiger partial charge in [-0.05, 0) is 24.6 Å². The molecule has 0 saturated carbocycles. The van der Waals surface area contributed by atoms with E-state index in [4.69, 9.17) is 27.7 Å². The van der Waals surface area contributed by atoms with Crippen molar-refractivity contribution < 1.29 is 9.63 Å². The largest absolute Gasteiger partial charge is 0.384 e. The Hall–Kier alpha value is -1.10. The molecule has 0 bridgehead atoms. The van der Waals surface area contributed by atoms with Crippen LogP contribution in [0.4, 0.5) is 0 Å². The number of hydrogen-bond acceptors (Lipinski definition) is 4. The van der Waals surface area contributed by atoms with E-state index in [1.54, 1.807) is 19.1 Å². The fourth-order valence-electron chi connectivity index (χ4n) is 1.34. The Labute approximate surface area is 108 Å². The van der Waals surface area contributed by atoms with Crippen LogP contribution in [-0.2, 0) is 6.42 Å². The molecule has 4 nitrogen and oxygen atoms in total. The highest BCUT2D eigenvalue weighted by molar-refractivity contribution is 6.42. The molecule has 6 heteroatoms. The fraction of sp³-hybridized carbons (Fsp3) is 0.273. The Morgan fingerprint density at radius 1 is 1.35 bits per heavy atom. The van der Waals surface area contributed by atoms with Gasteiger partial charge in [-0.1, -0.05) is 34.4 Å². The second-order valence-electron chi connectivity index (χ2n) is 3.65. The first-order chi connectivity index (χ1) is 8.06. The van der Waals surface area contributed by atoms with Crippen LogP contribution in [0.1, 0.15) is 30.3 Å². The van der Waals surface area contributed by atoms with E-state index >= 15 is 0 Å². The molecule has 1 aromatic heterocycles. The average molecular weight is 273 g/mol. The first-order valence-electron chi connectivity index (χ1n) is 5.00. The van der Waals surface area contributed by atoms with E-state index in [-0.39, 0.29) is 5.89 Å². The maximum atomic E-state index is 9.25. The molecule has 0 saturated heterocycles. The Morgan fingerprint density at radius 2 is 2.12 bits per heavy atom. The zero-order valence-electron chi connectivity index (χ0n) is 9.02. The van der Waals surface area contributed by atoms with E-state index in [1.165, 1.54) is 0 Å². The third kappa shape index (κ3) is 2.97. The average Bonchev–Trinajstić information content (AvgIpc) is 2.72. The zero-order valence-corrected chi connectivity index (χ0v) is 10.5. The van der Waals surface area contributed by atoms with Gasteiger partial charge in [0.25, 0.3) is 5.89 Å². The van der Waals surface area contributed by atoms with Crippen LogP contribution in [-0.4, -0.2) is 15.2 Å². The normalized spacial score (nSPS) is 12.7. The van der Waals surface area contributed by atoms with Crippen molar-refractivity contribution in [2.24, 2.45) is 0 Å². The number of rotatable bonds is 3. The molecule has 2 rings (SSSR count). The summed E-state index contributed by atoms with van der Waals surface area (Å²) < 4.78 is 4.88. The minimum absolute atomic E-state index is 0.208. The fourth-order valence-corrected chi connectivity index (χ4v) is 1.66. The highest BCUT2D eigenvalue weighted by atomic mass is 35.5. The molecule has 90 valence electrons. The number of halogens is 2. The molecule has 0 radical (unpaired) electrons. The lowest BCUT2D eigenvalue weighted by molar-refractivity contribution is 0.151. The van der Waals surface area contributed by atoms with Crippen LogP contribution in [0.2, 0.25) is 10.0 Å². The standard InChI is InChI=1S/C11H10Cl2N2O2/c1-6(16)11-14-10(15-17-11)5-7-2-3-8(12)9(13)4-7/h2-4,6,16H,5H2,1H3/t6-/m0/s1. The van der Waals surface area contributed by atoms with Crippen LogP contribution in [0.5, 0.6) is 0 Å². The second kappa shape index (κ2) is 5.04. The highest BCUT2D eigenvalue weighted by Crippen LogP contribution is 2.23. The van der Waals surface area contributed by atoms with Gasteiger partial charge in [0, 0.05) is 6.42 Å². The number of nitrogens with zero attached hydrogens (tertiary/aromatic N) is 2. The lowest BCUT2D eigenvalue weighted by Crippen LogP contribution is -1.94. The quantitative estimate of drug-likeness (QED) is 0.933. The molecule has 0 amide bonds. The van der Waals surface area contributed by atoms with Gasteiger partial charge in [0.1, 0.15) is 6.10 Å². The van der Waals surface area contributed by atoms with Gasteiger partial charge in [0.05, 0.1) is 10.0 Å². The summed E-state index contributed by atoms with van der Waals surface area (Å²) >= 11 is 11.7. The smallest absolute Gasteiger partial charge is 0.255 e. The van der Waals surface area contributed by atoms with Crippen molar-refractivity contribution in [3.8, 4) is 0 Å². The number of aliphatic hydroxyl groups is 1. The molecule has 2 aromatic rings. The minimum atomic E-state index is -0.759. The van der Waals surface area contributed by atoms with Gasteiger partial charge >= 0.3 is 0 Å². The molecule has 0 unspecified atom stereocenters. The van der Waals surface area contributed by atoms with E-state index in [0.717, 1.165) is 5.56 Å². The monoisotopic (exact) mass is 272 g/mol. The van der Waals surface area contributed by atoms with E-state index in [2.05, 4.69) is 10.1 Å². The summed E-state index contributed by atoms with van der Waals surface area (Å²) in [6.45, 7) is 1.57. The van der Waals surface area contributed by atoms with Gasteiger partial charge in [0.15, 0.2) is 5.82 Å². The van der Waals surface area contributed by atoms with E-state index in [0.29, 0.717) is 22.3 Å². The molecule has 0 fully saturated rings. The van der Waals surface area contributed by atoms with Gasteiger partial charge in [-0.25, -0.2) is 0 Å². The van der Waals surface area contributed by atoms with Crippen molar-refractivity contribution >= 4 is 23.2 Å². The third-order valence-electron chi connectivity index (χ3n) is 2.19. The van der Waals surface area contributed by atoms with Crippen LogP contribution < -0.4 is 0 Å². The molecule has 0 aliphatic carbocycles. The number of aliphatic hydroxyl groups excluding tert-OH is 1. The van der Waals surface area contributed by atoms with Gasteiger partial charge in [-0.2, -0.15) is 4.98 Å². The molecule has 1 N–H and O–H groups in total. The maximum Gasteiger partial charge on any atom is 0.255 e. The first-order valence-corrected chi connectivity index (χ1v) is 5.76. The van der Waals surface area contributed by atoms with Crippen molar-refractivity contribution in [2.45, 2.75) is 19.4 Å². The van der Waals surface area contributed by atoms with Crippen molar-refractivity contribution in [1.82, 2.24) is 10.1 Å². The van der Waals surface area contributed by atoms with Crippen LogP contribution >= 0.6 is 23.2 Å². The van der Waals surface area contributed by atoms with Crippen molar-refractivity contribution in [1.29, 1.82) is 0 Å². The Balaban J connectivity index is 2.16. The minimum Gasteiger partial charge on any atom is -0.384 e. The van der Waals surface area contributed by atoms with Crippen LogP contribution in [0.15, 0.2) is 22.7 Å². The Bertz CT molecular complexity index is 526. The molecule has 0 aliphatic rings. The van der Waals surface area contributed by atoms with Gasteiger partial charge in [-0.15, -0.1) is 0 Å². The van der Waals surface area contributed by atoms with E-state index in [1.807, 2.05) is 6.07 Å². The number of aromatic nitrogens is 2. The summed E-state index contributed by atoms with van der Waals surface area (Å²) in [5, 5.41) is 14.0. The summed E-state index contributed by atoms with van der Waals surface area (Å²) in [4.78, 5) is 4.05. The molecule has 1 aromatic carbocycles. The van der Waals surface area contributed by atoms with Crippen molar-refractivity contribution in [3.63, 3.8) is 0 Å². The molecule has 17 heavy (non-hydrogen) atoms. The molecule has 0 aliphatic heterocycles. The van der Waals surface area contributed by atoms with Crippen LogP contribution in [0.25, 0.3) is 0 Å². The Kier molecular flexibility index (Phi) is 3.66. The van der Waals surface area contributed by atoms with Crippen LogP contribution in [0, 0.1) is 0 Å². The molecular formula is C11H10Cl2N2O2. The third-order valence-corrected chi connectivity index (χ3v) is 2.93. The van der Waals surface area contributed by atoms with E-state index < -0.39 is 6.10 Å². The van der Waals surface area contributed by atoms with Crippen molar-refractivity contribution in [2.75, 3.05) is 0 Å². The Morgan fingerprint density at radius 3 is 2.71 bits per heavy atom. The summed E-state index contributed by atoms with van der Waals surface area (Å²) in [5.74, 6) is 0.708. The summed E-state index contributed by atoms with van der Waals surface area (Å²) in [6, 6.07) is 5.31. The van der Waals surface area contributed by atoms with Crippen LogP contribution in [0.3, 0.4) is 0 Å². The molecule has 1 heterocycles. The lowest BCUT2D eigenvalue weighted by Gasteiger charge is -1.99. The van der Waals surface area contributed by atoms with E-state index in [9.17, 15) is 5.11 Å². The molecule has 1 atom stereocenters. The number of hydrogen-bond donors (Lipinski definition) is 1. The number of benzene rings is 1. The summed E-state index contributed by atoms with van der Waals surface area (Å²) in [7, 11) is 0. The first kappa shape index (κ1) is 12.4. The predicted molar refractivity (Wildman–Crippen MR) is 64.2 cm³/mol. The second-order valence-corrected chi connectivity index (χ2v) is 4.46. The summed E-state index contributed by atoms with van der Waals surface area (Å²) in [5.41, 5.74) is 0.928. The van der Waals surface area contributed by atoms with Crippen molar-refractivity contribution in [3.05, 3.63) is 45.5 Å². The van der Waals surface area contributed by atoms with Gasteiger partial charge in [0.2, 0.25) is 0 Å². The predicted octanol–water partition coefficient (Wildman–Crippen LogP) is 3.02. The molecular weight excluding hydrogens is 263 g/mol. The summed E-state index contributed by atoms with van der Waals surface area (Å²) in [6.07, 6.45) is -0.280. The zero-order chi connectivity index (χ0) is 12.4. The lowest BCUT2D eigenvalue weighted by atomic mass is 10.1.